The third-order valence-electron chi connectivity index (χ3n) is 5.52. The largest absolute Gasteiger partial charge is 0.417 e. The molecule has 31 heavy (non-hydrogen) atoms. The summed E-state index contributed by atoms with van der Waals surface area (Å²) in [6, 6.07) is 1.54. The molecule has 0 radical (unpaired) electrons. The Morgan fingerprint density at radius 2 is 1.94 bits per heavy atom. The summed E-state index contributed by atoms with van der Waals surface area (Å²) in [5.41, 5.74) is 0.404. The summed E-state index contributed by atoms with van der Waals surface area (Å²) in [5, 5.41) is 9.11. The number of nitrogens with one attached hydrogen (secondary N) is 2. The van der Waals surface area contributed by atoms with Gasteiger partial charge in [-0.15, -0.1) is 0 Å². The highest BCUT2D eigenvalue weighted by molar-refractivity contribution is 6.00. The van der Waals surface area contributed by atoms with Gasteiger partial charge in [0.05, 0.1) is 22.9 Å². The normalized spacial score (nSPS) is 23.5. The van der Waals surface area contributed by atoms with Gasteiger partial charge in [-0.05, 0) is 24.5 Å². The molecule has 1 saturated heterocycles. The number of urea groups is 1. The van der Waals surface area contributed by atoms with E-state index < -0.39 is 41.3 Å². The highest BCUT2D eigenvalue weighted by Crippen LogP contribution is 2.55. The fraction of sp³-hybridized carbons (Fsp3) is 0.316. The van der Waals surface area contributed by atoms with Crippen LogP contribution in [-0.4, -0.2) is 38.1 Å². The van der Waals surface area contributed by atoms with Crippen molar-refractivity contribution in [1.29, 1.82) is 0 Å². The summed E-state index contributed by atoms with van der Waals surface area (Å²) < 4.78 is 54.2. The lowest BCUT2D eigenvalue weighted by Crippen LogP contribution is -2.51. The van der Waals surface area contributed by atoms with Crippen molar-refractivity contribution in [3.8, 4) is 0 Å². The van der Waals surface area contributed by atoms with Crippen molar-refractivity contribution in [1.82, 2.24) is 30.2 Å². The summed E-state index contributed by atoms with van der Waals surface area (Å²) in [7, 11) is 0. The molecule has 1 aliphatic carbocycles. The maximum atomic E-state index is 14.4. The van der Waals surface area contributed by atoms with E-state index in [9.17, 15) is 27.2 Å². The van der Waals surface area contributed by atoms with Gasteiger partial charge < -0.3 is 5.32 Å². The molecule has 3 atom stereocenters. The number of alkyl halides is 3. The molecule has 2 fully saturated rings. The maximum absolute atomic E-state index is 14.4. The molecular formula is C19H14F4N6O2. The third kappa shape index (κ3) is 3.37. The first-order chi connectivity index (χ1) is 14.7. The van der Waals surface area contributed by atoms with E-state index in [1.54, 1.807) is 12.3 Å². The van der Waals surface area contributed by atoms with Crippen molar-refractivity contribution >= 4 is 17.6 Å². The monoisotopic (exact) mass is 434 g/mol. The number of aromatic nitrogens is 4. The van der Waals surface area contributed by atoms with E-state index in [4.69, 9.17) is 0 Å². The zero-order valence-electron chi connectivity index (χ0n) is 15.7. The molecule has 3 aromatic heterocycles. The quantitative estimate of drug-likeness (QED) is 0.617. The van der Waals surface area contributed by atoms with E-state index in [1.807, 2.05) is 0 Å². The zero-order valence-corrected chi connectivity index (χ0v) is 15.7. The summed E-state index contributed by atoms with van der Waals surface area (Å²) in [6.07, 6.45) is -0.462. The van der Waals surface area contributed by atoms with Gasteiger partial charge in [-0.2, -0.15) is 18.3 Å². The molecule has 2 N–H and O–H groups in total. The van der Waals surface area contributed by atoms with Crippen molar-refractivity contribution in [3.63, 3.8) is 0 Å². The molecule has 2 aliphatic rings. The lowest BCUT2D eigenvalue weighted by Gasteiger charge is -2.22. The lowest BCUT2D eigenvalue weighted by molar-refractivity contribution is -0.138. The first-order valence-corrected chi connectivity index (χ1v) is 9.38. The van der Waals surface area contributed by atoms with Crippen LogP contribution >= 0.6 is 0 Å². The van der Waals surface area contributed by atoms with Crippen LogP contribution in [0.3, 0.4) is 0 Å². The van der Waals surface area contributed by atoms with Gasteiger partial charge in [0.15, 0.2) is 5.65 Å². The number of nitrogens with zero attached hydrogens (tertiary/aromatic N) is 4. The molecular weight excluding hydrogens is 420 g/mol. The van der Waals surface area contributed by atoms with Gasteiger partial charge in [-0.25, -0.2) is 18.7 Å². The average Bonchev–Trinajstić information content (AvgIpc) is 3.34. The second-order valence-electron chi connectivity index (χ2n) is 7.51. The predicted octanol–water partition coefficient (Wildman–Crippen LogP) is 2.48. The van der Waals surface area contributed by atoms with Crippen LogP contribution in [0.5, 0.6) is 0 Å². The second-order valence-corrected chi connectivity index (χ2v) is 7.51. The van der Waals surface area contributed by atoms with Gasteiger partial charge in [0.25, 0.3) is 0 Å². The Morgan fingerprint density at radius 1 is 1.13 bits per heavy atom. The molecule has 1 aliphatic heterocycles. The van der Waals surface area contributed by atoms with Crippen LogP contribution in [0.4, 0.5) is 22.4 Å². The second kappa shape index (κ2) is 6.72. The van der Waals surface area contributed by atoms with Gasteiger partial charge in [0.1, 0.15) is 5.82 Å². The first kappa shape index (κ1) is 19.4. The summed E-state index contributed by atoms with van der Waals surface area (Å²) >= 11 is 0. The van der Waals surface area contributed by atoms with E-state index in [2.05, 4.69) is 25.7 Å². The SMILES string of the molecule is O=C1NCC(c2cc([C@H]3C[C@@H]3c3ncc(C(F)(F)F)cc3F)c3nccn3n2)C(=O)N1. The minimum Gasteiger partial charge on any atom is -0.337 e. The molecule has 3 amide bonds. The molecule has 4 heterocycles. The Bertz CT molecular complexity index is 1220. The number of hydrogen-bond donors (Lipinski definition) is 2. The van der Waals surface area contributed by atoms with Crippen molar-refractivity contribution in [3.05, 3.63) is 59.1 Å². The number of hydrogen-bond acceptors (Lipinski definition) is 5. The molecule has 1 saturated carbocycles. The van der Waals surface area contributed by atoms with Gasteiger partial charge in [0.2, 0.25) is 5.91 Å². The number of carbonyl (C=O) groups excluding carboxylic acids is 2. The average molecular weight is 434 g/mol. The molecule has 5 rings (SSSR count). The smallest absolute Gasteiger partial charge is 0.337 e. The van der Waals surface area contributed by atoms with E-state index in [0.29, 0.717) is 35.6 Å². The Hall–Kier alpha value is -3.57. The summed E-state index contributed by atoms with van der Waals surface area (Å²) in [5.74, 6) is -2.89. The van der Waals surface area contributed by atoms with E-state index in [0.717, 1.165) is 0 Å². The van der Waals surface area contributed by atoms with Gasteiger partial charge in [0, 0.05) is 36.6 Å². The highest BCUT2D eigenvalue weighted by Gasteiger charge is 2.45. The Morgan fingerprint density at radius 3 is 2.65 bits per heavy atom. The van der Waals surface area contributed by atoms with Crippen molar-refractivity contribution < 1.29 is 27.2 Å². The van der Waals surface area contributed by atoms with Crippen LogP contribution in [0.2, 0.25) is 0 Å². The molecule has 1 unspecified atom stereocenters. The number of amides is 3. The third-order valence-corrected chi connectivity index (χ3v) is 5.52. The molecule has 3 aromatic rings. The van der Waals surface area contributed by atoms with Gasteiger partial charge in [-0.3, -0.25) is 15.1 Å². The Labute approximate surface area is 171 Å². The topological polar surface area (TPSA) is 101 Å². The van der Waals surface area contributed by atoms with Crippen LogP contribution in [0.25, 0.3) is 5.65 Å². The first-order valence-electron chi connectivity index (χ1n) is 9.38. The number of carbonyl (C=O) groups is 2. The van der Waals surface area contributed by atoms with Crippen molar-refractivity contribution in [2.24, 2.45) is 0 Å². The predicted molar refractivity (Wildman–Crippen MR) is 96.6 cm³/mol. The van der Waals surface area contributed by atoms with E-state index in [-0.39, 0.29) is 18.2 Å². The van der Waals surface area contributed by atoms with Gasteiger partial charge in [-0.1, -0.05) is 0 Å². The Balaban J connectivity index is 1.48. The molecule has 0 aromatic carbocycles. The highest BCUT2D eigenvalue weighted by atomic mass is 19.4. The molecule has 160 valence electrons. The number of halogens is 4. The maximum Gasteiger partial charge on any atom is 0.417 e. The lowest BCUT2D eigenvalue weighted by atomic mass is 9.99. The fourth-order valence-electron chi connectivity index (χ4n) is 3.89. The minimum absolute atomic E-state index is 0.0382. The van der Waals surface area contributed by atoms with Crippen LogP contribution in [0, 0.1) is 5.82 Å². The minimum atomic E-state index is -4.67. The Kier molecular flexibility index (Phi) is 4.21. The number of imidazole rings is 1. The standard InChI is InChI=1S/C19H14F4N6O2/c20-13-3-8(19(21,22)23)6-25-15(13)10-4-9(10)11-5-14(28-29-2-1-24-16(11)29)12-7-26-18(31)27-17(12)30/h1-3,5-6,9-10,12H,4,7H2,(H2,26,27,30,31)/t9-,10-,12?/m0/s1. The van der Waals surface area contributed by atoms with Crippen LogP contribution in [-0.2, 0) is 11.0 Å². The number of pyridine rings is 1. The van der Waals surface area contributed by atoms with Crippen LogP contribution in [0.15, 0.2) is 30.7 Å². The fourth-order valence-corrected chi connectivity index (χ4v) is 3.89. The van der Waals surface area contributed by atoms with E-state index in [1.165, 1.54) is 10.7 Å². The number of rotatable bonds is 3. The number of imide groups is 1. The summed E-state index contributed by atoms with van der Waals surface area (Å²) in [6.45, 7) is 0.0699. The van der Waals surface area contributed by atoms with Crippen LogP contribution in [0.1, 0.15) is 46.7 Å². The van der Waals surface area contributed by atoms with Crippen molar-refractivity contribution in [2.75, 3.05) is 6.54 Å². The molecule has 12 heteroatoms. The van der Waals surface area contributed by atoms with Gasteiger partial charge >= 0.3 is 12.2 Å². The number of fused-ring (bicyclic) bond motifs is 1. The summed E-state index contributed by atoms with van der Waals surface area (Å²) in [4.78, 5) is 31.6. The molecule has 0 spiro atoms. The van der Waals surface area contributed by atoms with E-state index >= 15 is 0 Å². The molecule has 0 bridgehead atoms. The van der Waals surface area contributed by atoms with Crippen LogP contribution < -0.4 is 10.6 Å². The molecule has 8 nitrogen and oxygen atoms in total. The zero-order chi connectivity index (χ0) is 21.9. The van der Waals surface area contributed by atoms with Crippen molar-refractivity contribution in [2.45, 2.75) is 30.4 Å².